The molecule has 0 bridgehead atoms. The Morgan fingerprint density at radius 2 is 1.95 bits per heavy atom. The van der Waals surface area contributed by atoms with Crippen molar-refractivity contribution in [3.63, 3.8) is 0 Å². The van der Waals surface area contributed by atoms with Gasteiger partial charge in [-0.15, -0.1) is 0 Å². The van der Waals surface area contributed by atoms with Crippen LogP contribution in [0.5, 0.6) is 5.75 Å². The molecular weight excluding hydrogens is 282 g/mol. The second kappa shape index (κ2) is 5.35. The fourth-order valence-electron chi connectivity index (χ4n) is 1.95. The highest BCUT2D eigenvalue weighted by molar-refractivity contribution is 7.71. The molecule has 19 heavy (non-hydrogen) atoms. The zero-order valence-electron chi connectivity index (χ0n) is 11.3. The second-order valence-corrected chi connectivity index (χ2v) is 5.34. The van der Waals surface area contributed by atoms with Crippen molar-refractivity contribution in [2.24, 2.45) is 7.05 Å². The largest absolute Gasteiger partial charge is 0.483 e. The molecule has 0 saturated carbocycles. The van der Waals surface area contributed by atoms with Crippen molar-refractivity contribution in [1.29, 1.82) is 0 Å². The van der Waals surface area contributed by atoms with Crippen LogP contribution in [0.25, 0.3) is 0 Å². The van der Waals surface area contributed by atoms with Crippen LogP contribution in [0.3, 0.4) is 0 Å². The predicted octanol–water partition coefficient (Wildman–Crippen LogP) is 3.89. The highest BCUT2D eigenvalue weighted by atomic mass is 35.5. The van der Waals surface area contributed by atoms with E-state index in [0.717, 1.165) is 27.7 Å². The summed E-state index contributed by atoms with van der Waals surface area (Å²) >= 11 is 11.2. The first-order valence-electron chi connectivity index (χ1n) is 5.95. The number of ether oxygens (including phenoxy) is 1. The number of nitrogens with zero attached hydrogens (tertiary/aromatic N) is 2. The number of hydrogen-bond donors (Lipinski definition) is 1. The standard InChI is InChI=1S/C13H16ClN3OS/c1-7-5-10(6-8(2)11(7)14)18-9(3)12-15-16-13(19)17(12)4/h5-6,9H,1-4H3,(H,16,19). The molecule has 2 aromatic rings. The Morgan fingerprint density at radius 1 is 1.37 bits per heavy atom. The fourth-order valence-corrected chi connectivity index (χ4v) is 2.20. The van der Waals surface area contributed by atoms with Gasteiger partial charge in [-0.3, -0.25) is 5.10 Å². The summed E-state index contributed by atoms with van der Waals surface area (Å²) in [5.74, 6) is 1.54. The van der Waals surface area contributed by atoms with E-state index >= 15 is 0 Å². The van der Waals surface area contributed by atoms with Gasteiger partial charge in [-0.25, -0.2) is 0 Å². The number of nitrogens with one attached hydrogen (secondary N) is 1. The molecule has 1 aromatic carbocycles. The first kappa shape index (κ1) is 14.1. The molecule has 0 aliphatic carbocycles. The lowest BCUT2D eigenvalue weighted by Gasteiger charge is -2.15. The summed E-state index contributed by atoms with van der Waals surface area (Å²) in [6.45, 7) is 5.86. The van der Waals surface area contributed by atoms with E-state index in [-0.39, 0.29) is 6.10 Å². The van der Waals surface area contributed by atoms with Crippen molar-refractivity contribution in [2.75, 3.05) is 0 Å². The molecule has 4 nitrogen and oxygen atoms in total. The molecule has 1 N–H and O–H groups in total. The van der Waals surface area contributed by atoms with Gasteiger partial charge in [0.15, 0.2) is 16.7 Å². The molecule has 0 fully saturated rings. The molecule has 0 saturated heterocycles. The Morgan fingerprint density at radius 3 is 2.42 bits per heavy atom. The number of aromatic nitrogens is 3. The van der Waals surface area contributed by atoms with Crippen molar-refractivity contribution in [2.45, 2.75) is 26.9 Å². The number of benzene rings is 1. The summed E-state index contributed by atoms with van der Waals surface area (Å²) in [7, 11) is 1.86. The third kappa shape index (κ3) is 2.82. The van der Waals surface area contributed by atoms with Gasteiger partial charge in [-0.05, 0) is 56.2 Å². The van der Waals surface area contributed by atoms with Crippen LogP contribution >= 0.6 is 23.8 Å². The predicted molar refractivity (Wildman–Crippen MR) is 78.4 cm³/mol. The van der Waals surface area contributed by atoms with E-state index < -0.39 is 0 Å². The molecule has 0 aliphatic heterocycles. The minimum absolute atomic E-state index is 0.196. The van der Waals surface area contributed by atoms with Gasteiger partial charge in [0, 0.05) is 12.1 Å². The maximum absolute atomic E-state index is 6.14. The molecule has 1 unspecified atom stereocenters. The molecule has 1 atom stereocenters. The Hall–Kier alpha value is -1.33. The minimum Gasteiger partial charge on any atom is -0.483 e. The van der Waals surface area contributed by atoms with E-state index in [2.05, 4.69) is 10.2 Å². The normalized spacial score (nSPS) is 12.5. The van der Waals surface area contributed by atoms with Crippen LogP contribution in [0.4, 0.5) is 0 Å². The highest BCUT2D eigenvalue weighted by Crippen LogP contribution is 2.28. The van der Waals surface area contributed by atoms with Gasteiger partial charge in [0.25, 0.3) is 0 Å². The zero-order valence-corrected chi connectivity index (χ0v) is 12.9. The van der Waals surface area contributed by atoms with E-state index in [9.17, 15) is 0 Å². The van der Waals surface area contributed by atoms with Crippen molar-refractivity contribution >= 4 is 23.8 Å². The van der Waals surface area contributed by atoms with Gasteiger partial charge in [0.1, 0.15) is 5.75 Å². The molecule has 6 heteroatoms. The monoisotopic (exact) mass is 297 g/mol. The summed E-state index contributed by atoms with van der Waals surface area (Å²) in [6, 6.07) is 3.85. The first-order valence-corrected chi connectivity index (χ1v) is 6.73. The molecule has 0 amide bonds. The first-order chi connectivity index (χ1) is 8.90. The van der Waals surface area contributed by atoms with Crippen LogP contribution in [0, 0.1) is 18.6 Å². The Kier molecular flexibility index (Phi) is 3.96. The molecule has 0 radical (unpaired) electrons. The van der Waals surface area contributed by atoms with Gasteiger partial charge in [-0.1, -0.05) is 11.6 Å². The zero-order chi connectivity index (χ0) is 14.2. The number of aromatic amines is 1. The fraction of sp³-hybridized carbons (Fsp3) is 0.385. The third-order valence-corrected chi connectivity index (χ3v) is 3.96. The summed E-state index contributed by atoms with van der Waals surface area (Å²) in [6.07, 6.45) is -0.196. The van der Waals surface area contributed by atoms with Crippen LogP contribution < -0.4 is 4.74 Å². The topological polar surface area (TPSA) is 42.8 Å². The molecule has 0 spiro atoms. The van der Waals surface area contributed by atoms with Crippen LogP contribution in [-0.2, 0) is 7.05 Å². The van der Waals surface area contributed by atoms with Crippen molar-refractivity contribution in [3.8, 4) is 5.75 Å². The number of aryl methyl sites for hydroxylation is 2. The Balaban J connectivity index is 2.26. The Bertz CT molecular complexity index is 639. The number of hydrogen-bond acceptors (Lipinski definition) is 3. The second-order valence-electron chi connectivity index (χ2n) is 4.58. The third-order valence-electron chi connectivity index (χ3n) is 3.00. The minimum atomic E-state index is -0.196. The smallest absolute Gasteiger partial charge is 0.195 e. The van der Waals surface area contributed by atoms with E-state index in [4.69, 9.17) is 28.6 Å². The van der Waals surface area contributed by atoms with Gasteiger partial charge in [0.05, 0.1) is 0 Å². The SMILES string of the molecule is Cc1cc(OC(C)c2n[nH]c(=S)n2C)cc(C)c1Cl. The molecular formula is C13H16ClN3OS. The number of halogens is 1. The highest BCUT2D eigenvalue weighted by Gasteiger charge is 2.14. The van der Waals surface area contributed by atoms with Crippen molar-refractivity contribution in [3.05, 3.63) is 38.9 Å². The van der Waals surface area contributed by atoms with E-state index in [1.165, 1.54) is 0 Å². The van der Waals surface area contributed by atoms with Crippen LogP contribution in [-0.4, -0.2) is 14.8 Å². The maximum atomic E-state index is 6.14. The summed E-state index contributed by atoms with van der Waals surface area (Å²) in [4.78, 5) is 0. The van der Waals surface area contributed by atoms with Gasteiger partial charge in [-0.2, -0.15) is 5.10 Å². The molecule has 0 aliphatic rings. The van der Waals surface area contributed by atoms with Crippen molar-refractivity contribution < 1.29 is 4.74 Å². The summed E-state index contributed by atoms with van der Waals surface area (Å²) in [5, 5.41) is 7.69. The van der Waals surface area contributed by atoms with Crippen LogP contribution in [0.2, 0.25) is 5.02 Å². The van der Waals surface area contributed by atoms with Gasteiger partial charge in [0.2, 0.25) is 0 Å². The average molecular weight is 298 g/mol. The molecule has 1 aromatic heterocycles. The number of rotatable bonds is 3. The molecule has 102 valence electrons. The molecule has 2 rings (SSSR count). The average Bonchev–Trinajstić information content (AvgIpc) is 2.67. The van der Waals surface area contributed by atoms with E-state index in [1.54, 1.807) is 4.57 Å². The maximum Gasteiger partial charge on any atom is 0.195 e. The van der Waals surface area contributed by atoms with Gasteiger partial charge >= 0.3 is 0 Å². The summed E-state index contributed by atoms with van der Waals surface area (Å²) < 4.78 is 8.28. The Labute approximate surface area is 122 Å². The van der Waals surface area contributed by atoms with E-state index in [0.29, 0.717) is 4.77 Å². The van der Waals surface area contributed by atoms with Crippen LogP contribution in [0.15, 0.2) is 12.1 Å². The van der Waals surface area contributed by atoms with Crippen LogP contribution in [0.1, 0.15) is 30.0 Å². The van der Waals surface area contributed by atoms with Crippen molar-refractivity contribution in [1.82, 2.24) is 14.8 Å². The summed E-state index contributed by atoms with van der Waals surface area (Å²) in [5.41, 5.74) is 2.00. The van der Waals surface area contributed by atoms with Gasteiger partial charge < -0.3 is 9.30 Å². The number of H-pyrrole nitrogens is 1. The lowest BCUT2D eigenvalue weighted by atomic mass is 10.1. The molecule has 1 heterocycles. The van der Waals surface area contributed by atoms with E-state index in [1.807, 2.05) is 40.0 Å². The quantitative estimate of drug-likeness (QED) is 0.874. The lowest BCUT2D eigenvalue weighted by Crippen LogP contribution is -2.10. The lowest BCUT2D eigenvalue weighted by molar-refractivity contribution is 0.212.